The molecule has 1 aliphatic heterocycles. The lowest BCUT2D eigenvalue weighted by Gasteiger charge is -2.33. The van der Waals surface area contributed by atoms with Crippen molar-refractivity contribution in [2.45, 2.75) is 19.3 Å². The largest absolute Gasteiger partial charge is 0.480 e. The van der Waals surface area contributed by atoms with Crippen molar-refractivity contribution in [2.24, 2.45) is 5.92 Å². The van der Waals surface area contributed by atoms with E-state index >= 15 is 0 Å². The van der Waals surface area contributed by atoms with Gasteiger partial charge < -0.3 is 24.4 Å². The molecule has 11 heteroatoms. The molecule has 0 radical (unpaired) electrons. The Morgan fingerprint density at radius 3 is 2.77 bits per heavy atom. The highest BCUT2D eigenvalue weighted by Gasteiger charge is 2.23. The summed E-state index contributed by atoms with van der Waals surface area (Å²) in [5.41, 5.74) is -0.327. The smallest absolute Gasteiger partial charge is 0.297 e. The van der Waals surface area contributed by atoms with Crippen molar-refractivity contribution in [3.63, 3.8) is 0 Å². The van der Waals surface area contributed by atoms with Crippen LogP contribution in [0.5, 0.6) is 5.88 Å². The van der Waals surface area contributed by atoms with Gasteiger partial charge in [0.25, 0.3) is 11.5 Å². The maximum Gasteiger partial charge on any atom is 0.297 e. The third-order valence-corrected chi connectivity index (χ3v) is 6.27. The second-order valence-electron chi connectivity index (χ2n) is 7.52. The van der Waals surface area contributed by atoms with Crippen molar-refractivity contribution >= 4 is 30.9 Å². The van der Waals surface area contributed by atoms with Crippen LogP contribution in [0, 0.1) is 5.92 Å². The number of anilines is 1. The third-order valence-electron chi connectivity index (χ3n) is 5.61. The molecule has 0 aliphatic carbocycles. The quantitative estimate of drug-likeness (QED) is 0.489. The van der Waals surface area contributed by atoms with Crippen LogP contribution in [0.3, 0.4) is 0 Å². The van der Waals surface area contributed by atoms with E-state index in [1.54, 1.807) is 24.4 Å². The summed E-state index contributed by atoms with van der Waals surface area (Å²) in [7, 11) is -0.395. The van der Waals surface area contributed by atoms with Gasteiger partial charge in [-0.1, -0.05) is 0 Å². The highest BCUT2D eigenvalue weighted by molar-refractivity contribution is 7.45. The Kier molecular flexibility index (Phi) is 6.31. The van der Waals surface area contributed by atoms with E-state index in [2.05, 4.69) is 20.0 Å². The lowest BCUT2D eigenvalue weighted by molar-refractivity contribution is 0.0935. The zero-order valence-electron chi connectivity index (χ0n) is 17.1. The number of carbonyl (C=O) groups excluding carboxylic acids is 1. The van der Waals surface area contributed by atoms with Crippen molar-refractivity contribution in [2.75, 3.05) is 31.3 Å². The Morgan fingerprint density at radius 2 is 2.13 bits per heavy atom. The lowest BCUT2D eigenvalue weighted by atomic mass is 9.94. The Balaban J connectivity index is 1.61. The molecule has 1 fully saturated rings. The molecule has 1 aliphatic rings. The van der Waals surface area contributed by atoms with Gasteiger partial charge >= 0.3 is 0 Å². The molecule has 0 saturated carbocycles. The number of aromatic amines is 1. The van der Waals surface area contributed by atoms with Crippen LogP contribution in [-0.4, -0.2) is 61.8 Å². The number of piperidine rings is 1. The average molecular weight is 445 g/mol. The predicted octanol–water partition coefficient (Wildman–Crippen LogP) is 1.72. The van der Waals surface area contributed by atoms with Gasteiger partial charge in [0.15, 0.2) is 8.38 Å². The summed E-state index contributed by atoms with van der Waals surface area (Å²) < 4.78 is 6.21. The normalized spacial score (nSPS) is 15.0. The van der Waals surface area contributed by atoms with E-state index < -0.39 is 19.8 Å². The second kappa shape index (κ2) is 9.13. The van der Waals surface area contributed by atoms with E-state index in [1.165, 1.54) is 13.3 Å². The Labute approximate surface area is 179 Å². The molecule has 1 saturated heterocycles. The first-order valence-corrected chi connectivity index (χ1v) is 11.5. The summed E-state index contributed by atoms with van der Waals surface area (Å²) in [6.07, 6.45) is 6.18. The van der Waals surface area contributed by atoms with E-state index in [-0.39, 0.29) is 17.0 Å². The van der Waals surface area contributed by atoms with Gasteiger partial charge in [-0.05, 0) is 43.4 Å². The van der Waals surface area contributed by atoms with E-state index in [1.807, 2.05) is 0 Å². The van der Waals surface area contributed by atoms with Gasteiger partial charge in [-0.25, -0.2) is 0 Å². The van der Waals surface area contributed by atoms with Crippen LogP contribution in [0.2, 0.25) is 0 Å². The summed E-state index contributed by atoms with van der Waals surface area (Å²) in [6, 6.07) is 5.03. The molecule has 3 N–H and O–H groups in total. The number of nitrogens with zero attached hydrogens (tertiary/aromatic N) is 4. The number of H-pyrrole nitrogens is 1. The van der Waals surface area contributed by atoms with E-state index in [0.29, 0.717) is 23.3 Å². The Bertz CT molecular complexity index is 1120. The van der Waals surface area contributed by atoms with Crippen LogP contribution in [0.1, 0.15) is 29.8 Å². The minimum Gasteiger partial charge on any atom is -0.480 e. The number of rotatable bonds is 6. The summed E-state index contributed by atoms with van der Waals surface area (Å²) in [5, 5.41) is 4.82. The first-order valence-electron chi connectivity index (χ1n) is 10.0. The van der Waals surface area contributed by atoms with Crippen LogP contribution in [-0.2, 0) is 0 Å². The SMILES string of the molecule is COc1nc(N2CCC(CCP(O)O)CC2)cc2cnn(C(=O)c3ccc[nH]3)c(=O)c12. The third kappa shape index (κ3) is 4.46. The molecule has 0 bridgehead atoms. The van der Waals surface area contributed by atoms with Gasteiger partial charge in [-0.3, -0.25) is 9.59 Å². The van der Waals surface area contributed by atoms with Crippen LogP contribution in [0.15, 0.2) is 35.4 Å². The second-order valence-corrected chi connectivity index (χ2v) is 8.71. The molecule has 0 amide bonds. The molecule has 31 heavy (non-hydrogen) atoms. The number of hydrogen-bond donors (Lipinski definition) is 3. The predicted molar refractivity (Wildman–Crippen MR) is 117 cm³/mol. The van der Waals surface area contributed by atoms with Crippen LogP contribution in [0.25, 0.3) is 10.8 Å². The van der Waals surface area contributed by atoms with E-state index in [4.69, 9.17) is 14.5 Å². The van der Waals surface area contributed by atoms with Gasteiger partial charge in [0, 0.05) is 30.8 Å². The Morgan fingerprint density at radius 1 is 1.35 bits per heavy atom. The fraction of sp³-hybridized carbons (Fsp3) is 0.400. The average Bonchev–Trinajstić information content (AvgIpc) is 3.32. The van der Waals surface area contributed by atoms with Crippen molar-refractivity contribution < 1.29 is 19.3 Å². The molecule has 164 valence electrons. The van der Waals surface area contributed by atoms with Gasteiger partial charge in [-0.2, -0.15) is 14.8 Å². The number of carbonyl (C=O) groups is 1. The fourth-order valence-corrected chi connectivity index (χ4v) is 4.50. The molecular formula is C20H24N5O5P. The molecule has 10 nitrogen and oxygen atoms in total. The summed E-state index contributed by atoms with van der Waals surface area (Å²) in [4.78, 5) is 53.3. The zero-order chi connectivity index (χ0) is 22.0. The summed E-state index contributed by atoms with van der Waals surface area (Å²) in [5.74, 6) is 0.737. The van der Waals surface area contributed by atoms with Crippen molar-refractivity contribution in [3.05, 3.63) is 46.6 Å². The number of methoxy groups -OCH3 is 1. The number of pyridine rings is 1. The molecule has 3 aromatic heterocycles. The molecular weight excluding hydrogens is 421 g/mol. The van der Waals surface area contributed by atoms with Gasteiger partial charge in [0.2, 0.25) is 5.88 Å². The first-order chi connectivity index (χ1) is 15.0. The number of fused-ring (bicyclic) bond motifs is 1. The molecule has 0 atom stereocenters. The first kappa shape index (κ1) is 21.4. The molecule has 3 aromatic rings. The Hall–Kier alpha value is -2.81. The highest BCUT2D eigenvalue weighted by Crippen LogP contribution is 2.32. The van der Waals surface area contributed by atoms with Crippen LogP contribution >= 0.6 is 8.38 Å². The molecule has 0 spiro atoms. The van der Waals surface area contributed by atoms with E-state index in [9.17, 15) is 9.59 Å². The molecule has 4 rings (SSSR count). The maximum atomic E-state index is 13.0. The van der Waals surface area contributed by atoms with Gasteiger partial charge in [-0.15, -0.1) is 0 Å². The minimum atomic E-state index is -1.84. The van der Waals surface area contributed by atoms with Gasteiger partial charge in [0.05, 0.1) is 13.3 Å². The zero-order valence-corrected chi connectivity index (χ0v) is 18.0. The number of nitrogens with one attached hydrogen (secondary N) is 1. The number of ether oxygens (including phenoxy) is 1. The topological polar surface area (TPSA) is 134 Å². The fourth-order valence-electron chi connectivity index (χ4n) is 3.90. The standard InChI is InChI=1S/C20H24N5O5P/c1-30-18-17-14(12-22-25(20(17)27)19(26)15-3-2-7-21-15)11-16(23-18)24-8-4-13(5-9-24)6-10-31(28)29/h2-3,7,11-13,21,28-29H,4-6,8-10H2,1H3. The van der Waals surface area contributed by atoms with Crippen LogP contribution < -0.4 is 15.2 Å². The molecule has 0 unspecified atom stereocenters. The lowest BCUT2D eigenvalue weighted by Crippen LogP contribution is -2.35. The summed E-state index contributed by atoms with van der Waals surface area (Å²) in [6.45, 7) is 1.55. The van der Waals surface area contributed by atoms with E-state index in [0.717, 1.165) is 37.0 Å². The number of aromatic nitrogens is 4. The maximum absolute atomic E-state index is 13.0. The molecule has 0 aromatic carbocycles. The van der Waals surface area contributed by atoms with Crippen molar-refractivity contribution in [1.29, 1.82) is 0 Å². The van der Waals surface area contributed by atoms with Gasteiger partial charge in [0.1, 0.15) is 16.9 Å². The summed E-state index contributed by atoms with van der Waals surface area (Å²) >= 11 is 0. The number of hydrogen-bond acceptors (Lipinski definition) is 8. The monoisotopic (exact) mass is 445 g/mol. The van der Waals surface area contributed by atoms with Crippen molar-refractivity contribution in [3.8, 4) is 5.88 Å². The minimum absolute atomic E-state index is 0.154. The van der Waals surface area contributed by atoms with Crippen molar-refractivity contribution in [1.82, 2.24) is 19.7 Å². The van der Waals surface area contributed by atoms with Crippen LogP contribution in [0.4, 0.5) is 5.82 Å². The highest BCUT2D eigenvalue weighted by atomic mass is 31.2. The molecule has 4 heterocycles.